The second-order valence-corrected chi connectivity index (χ2v) is 10.8. The van der Waals surface area contributed by atoms with Crippen LogP contribution < -0.4 is 19.6 Å². The Balaban J connectivity index is 1.59. The van der Waals surface area contributed by atoms with Crippen molar-refractivity contribution in [1.29, 1.82) is 0 Å². The van der Waals surface area contributed by atoms with Gasteiger partial charge in [0.05, 0.1) is 14.2 Å². The molecule has 3 heterocycles. The summed E-state index contributed by atoms with van der Waals surface area (Å²) in [6.07, 6.45) is -21.6. The monoisotopic (exact) mass is 698 g/mol. The van der Waals surface area contributed by atoms with Crippen LogP contribution in [0.1, 0.15) is 0 Å². The fourth-order valence-corrected chi connectivity index (χ4v) is 5.31. The summed E-state index contributed by atoms with van der Waals surface area (Å²) in [5.74, 6) is -7.47. The van der Waals surface area contributed by atoms with Crippen molar-refractivity contribution in [3.8, 4) is 45.8 Å². The summed E-state index contributed by atoms with van der Waals surface area (Å²) in [4.78, 5) is 36.7. The number of hydrogen-bond donors (Lipinski definition) is 10. The SMILES string of the molecule is COc1cc(-c2oc3cc(OC4OC(C(=O)O)C(O)C(O)C4OC4OC(C(=O)O)C(O)C(O)C4O)c(OC)c(O)c3c(=O)c2O)ccc1O. The van der Waals surface area contributed by atoms with Gasteiger partial charge in [-0.2, -0.15) is 0 Å². The normalized spacial score (nSPS) is 30.1. The van der Waals surface area contributed by atoms with Gasteiger partial charge >= 0.3 is 11.9 Å². The van der Waals surface area contributed by atoms with Crippen molar-refractivity contribution in [3.05, 3.63) is 34.5 Å². The lowest BCUT2D eigenvalue weighted by atomic mass is 9.97. The van der Waals surface area contributed by atoms with E-state index in [0.717, 1.165) is 13.2 Å². The minimum Gasteiger partial charge on any atom is -0.504 e. The minimum absolute atomic E-state index is 0.0347. The zero-order chi connectivity index (χ0) is 36.1. The summed E-state index contributed by atoms with van der Waals surface area (Å²) in [5.41, 5.74) is -1.58. The van der Waals surface area contributed by atoms with Gasteiger partial charge in [-0.1, -0.05) is 0 Å². The van der Waals surface area contributed by atoms with Gasteiger partial charge in [0.1, 0.15) is 41.5 Å². The molecule has 2 aliphatic heterocycles. The van der Waals surface area contributed by atoms with Gasteiger partial charge in [0.15, 0.2) is 53.4 Å². The van der Waals surface area contributed by atoms with E-state index in [9.17, 15) is 65.4 Å². The van der Waals surface area contributed by atoms with Gasteiger partial charge in [0.2, 0.25) is 23.2 Å². The number of carbonyl (C=O) groups is 2. The molecule has 0 spiro atoms. The van der Waals surface area contributed by atoms with Crippen molar-refractivity contribution >= 4 is 22.9 Å². The predicted octanol–water partition coefficient (Wildman–Crippen LogP) is -2.22. The fourth-order valence-electron chi connectivity index (χ4n) is 5.31. The molecule has 2 aliphatic rings. The van der Waals surface area contributed by atoms with Crippen LogP contribution in [0.5, 0.6) is 34.5 Å². The van der Waals surface area contributed by atoms with Gasteiger partial charge in [-0.3, -0.25) is 4.79 Å². The number of aliphatic hydroxyl groups is 5. The van der Waals surface area contributed by atoms with Crippen LogP contribution in [0.25, 0.3) is 22.3 Å². The number of carboxylic acid groups (broad SMARTS) is 2. The summed E-state index contributed by atoms with van der Waals surface area (Å²) in [5, 5.41) is 102. The van der Waals surface area contributed by atoms with E-state index in [1.165, 1.54) is 25.3 Å². The molecule has 10 atom stereocenters. The highest BCUT2D eigenvalue weighted by molar-refractivity contribution is 5.91. The summed E-state index contributed by atoms with van der Waals surface area (Å²) in [6, 6.07) is 4.62. The molecule has 49 heavy (non-hydrogen) atoms. The number of rotatable bonds is 9. The summed E-state index contributed by atoms with van der Waals surface area (Å²) < 4.78 is 37.6. The molecule has 0 radical (unpaired) electrons. The molecule has 20 heteroatoms. The first-order chi connectivity index (χ1) is 23.1. The highest BCUT2D eigenvalue weighted by atomic mass is 16.8. The number of benzene rings is 2. The molecule has 0 saturated carbocycles. The fraction of sp³-hybridized carbons (Fsp3) is 0.414. The number of aromatic hydroxyl groups is 3. The second kappa shape index (κ2) is 13.5. The molecular weight excluding hydrogens is 668 g/mol. The maximum Gasteiger partial charge on any atom is 0.335 e. The number of carboxylic acids is 2. The Labute approximate surface area is 272 Å². The Morgan fingerprint density at radius 3 is 1.94 bits per heavy atom. The number of fused-ring (bicyclic) bond motifs is 1. The van der Waals surface area contributed by atoms with Crippen molar-refractivity contribution in [2.75, 3.05) is 14.2 Å². The standard InChI is InChI=1S/C29H30O20/c1-43-9-5-7(3-4-8(9)30)21-16(34)13(31)12-10(45-21)6-11(22(44-2)14(12)32)46-29-25(19(37)18(36)24(48-29)27(41)42)49-28-20(38)15(33)17(35)23(47-28)26(39)40/h3-6,15,17-20,23-25,28-30,32-38H,1-2H3,(H,39,40)(H,41,42). The molecule has 5 rings (SSSR count). The van der Waals surface area contributed by atoms with E-state index in [-0.39, 0.29) is 17.1 Å². The van der Waals surface area contributed by atoms with Crippen molar-refractivity contribution in [2.45, 2.75) is 61.4 Å². The third kappa shape index (κ3) is 6.22. The van der Waals surface area contributed by atoms with Gasteiger partial charge in [-0.15, -0.1) is 0 Å². The van der Waals surface area contributed by atoms with Crippen LogP contribution in [0.3, 0.4) is 0 Å². The Bertz CT molecular complexity index is 1800. The molecule has 2 saturated heterocycles. The Hall–Kier alpha value is -4.93. The van der Waals surface area contributed by atoms with Crippen LogP contribution in [-0.4, -0.2) is 139 Å². The van der Waals surface area contributed by atoms with E-state index in [0.29, 0.717) is 0 Å². The lowest BCUT2D eigenvalue weighted by Gasteiger charge is -2.44. The number of phenols is 2. The predicted molar refractivity (Wildman–Crippen MR) is 154 cm³/mol. The number of aliphatic hydroxyl groups excluding tert-OH is 5. The number of aliphatic carboxylic acids is 2. The maximum atomic E-state index is 13.2. The number of hydrogen-bond acceptors (Lipinski definition) is 18. The molecule has 2 fully saturated rings. The molecule has 0 amide bonds. The molecule has 3 aromatic rings. The average molecular weight is 699 g/mol. The summed E-state index contributed by atoms with van der Waals surface area (Å²) >= 11 is 0. The number of ether oxygens (including phenoxy) is 6. The molecule has 2 aromatic carbocycles. The molecule has 20 nitrogen and oxygen atoms in total. The Kier molecular flexibility index (Phi) is 9.77. The smallest absolute Gasteiger partial charge is 0.335 e. The van der Waals surface area contributed by atoms with E-state index < -0.39 is 119 Å². The maximum absolute atomic E-state index is 13.2. The highest BCUT2D eigenvalue weighted by Crippen LogP contribution is 2.45. The third-order valence-corrected chi connectivity index (χ3v) is 7.84. The van der Waals surface area contributed by atoms with Crippen molar-refractivity contribution in [1.82, 2.24) is 0 Å². The van der Waals surface area contributed by atoms with Crippen LogP contribution in [0.4, 0.5) is 0 Å². The largest absolute Gasteiger partial charge is 0.504 e. The average Bonchev–Trinajstić information content (AvgIpc) is 3.05. The van der Waals surface area contributed by atoms with Crippen molar-refractivity contribution < 1.29 is 93.5 Å². The van der Waals surface area contributed by atoms with Crippen LogP contribution in [0, 0.1) is 0 Å². The van der Waals surface area contributed by atoms with E-state index in [4.69, 9.17) is 32.8 Å². The van der Waals surface area contributed by atoms with E-state index in [2.05, 4.69) is 0 Å². The topological polar surface area (TPSA) is 322 Å². The first-order valence-electron chi connectivity index (χ1n) is 14.1. The highest BCUT2D eigenvalue weighted by Gasteiger charge is 2.54. The first-order valence-corrected chi connectivity index (χ1v) is 14.1. The van der Waals surface area contributed by atoms with Crippen LogP contribution in [-0.2, 0) is 23.8 Å². The molecule has 0 bridgehead atoms. The third-order valence-electron chi connectivity index (χ3n) is 7.84. The van der Waals surface area contributed by atoms with Crippen LogP contribution in [0.15, 0.2) is 33.5 Å². The van der Waals surface area contributed by atoms with E-state index in [1.54, 1.807) is 0 Å². The lowest BCUT2D eigenvalue weighted by Crippen LogP contribution is -2.66. The molecule has 0 aliphatic carbocycles. The molecule has 10 N–H and O–H groups in total. The summed E-state index contributed by atoms with van der Waals surface area (Å²) in [7, 11) is 2.26. The Morgan fingerprint density at radius 1 is 0.735 bits per heavy atom. The van der Waals surface area contributed by atoms with Crippen molar-refractivity contribution in [2.24, 2.45) is 0 Å². The molecule has 10 unspecified atom stereocenters. The lowest BCUT2D eigenvalue weighted by molar-refractivity contribution is -0.350. The van der Waals surface area contributed by atoms with Gasteiger partial charge < -0.3 is 83.9 Å². The number of methoxy groups -OCH3 is 2. The zero-order valence-corrected chi connectivity index (χ0v) is 25.1. The van der Waals surface area contributed by atoms with E-state index in [1.807, 2.05) is 0 Å². The number of phenolic OH excluding ortho intramolecular Hbond substituents is 2. The summed E-state index contributed by atoms with van der Waals surface area (Å²) in [6.45, 7) is 0. The Morgan fingerprint density at radius 2 is 1.35 bits per heavy atom. The van der Waals surface area contributed by atoms with Crippen LogP contribution in [0.2, 0.25) is 0 Å². The second-order valence-electron chi connectivity index (χ2n) is 10.8. The first kappa shape index (κ1) is 35.4. The minimum atomic E-state index is -2.24. The molecular formula is C29H30O20. The van der Waals surface area contributed by atoms with Gasteiger partial charge in [-0.05, 0) is 18.2 Å². The molecule has 1 aromatic heterocycles. The van der Waals surface area contributed by atoms with Gasteiger partial charge in [-0.25, -0.2) is 9.59 Å². The van der Waals surface area contributed by atoms with E-state index >= 15 is 0 Å². The van der Waals surface area contributed by atoms with Gasteiger partial charge in [0.25, 0.3) is 0 Å². The molecule has 266 valence electrons. The van der Waals surface area contributed by atoms with Crippen LogP contribution >= 0.6 is 0 Å². The quantitative estimate of drug-likeness (QED) is 0.113. The van der Waals surface area contributed by atoms with Crippen molar-refractivity contribution in [3.63, 3.8) is 0 Å². The van der Waals surface area contributed by atoms with Gasteiger partial charge in [0, 0.05) is 11.6 Å². The zero-order valence-electron chi connectivity index (χ0n) is 25.1.